The van der Waals surface area contributed by atoms with Crippen LogP contribution in [0.1, 0.15) is 21.9 Å². The second-order valence-electron chi connectivity index (χ2n) is 4.10. The third-order valence-electron chi connectivity index (χ3n) is 2.63. The molecule has 8 heteroatoms. The Morgan fingerprint density at radius 2 is 2.25 bits per heavy atom. The number of Topliss-reactive ketones (excluding diaryl/α,β-unsaturated/α-hetero) is 1. The normalized spacial score (nSPS) is 10.6. The number of hydrogen-bond acceptors (Lipinski definition) is 4. The number of hydrogen-bond donors (Lipinski definition) is 1. The smallest absolute Gasteiger partial charge is 0.344 e. The summed E-state index contributed by atoms with van der Waals surface area (Å²) in [5.41, 5.74) is 0.182. The molecule has 0 aliphatic heterocycles. The van der Waals surface area contributed by atoms with Crippen molar-refractivity contribution in [2.24, 2.45) is 0 Å². The van der Waals surface area contributed by atoms with Crippen LogP contribution in [-0.2, 0) is 6.42 Å². The first-order chi connectivity index (χ1) is 9.38. The molecule has 0 fully saturated rings. The van der Waals surface area contributed by atoms with Gasteiger partial charge in [-0.25, -0.2) is 14.4 Å². The average Bonchev–Trinajstić information content (AvgIpc) is 2.73. The Morgan fingerprint density at radius 1 is 1.55 bits per heavy atom. The van der Waals surface area contributed by atoms with Crippen molar-refractivity contribution >= 4 is 27.5 Å². The molecule has 1 N–H and O–H groups in total. The van der Waals surface area contributed by atoms with Crippen molar-refractivity contribution in [2.75, 3.05) is 0 Å². The molecule has 104 valence electrons. The van der Waals surface area contributed by atoms with E-state index in [2.05, 4.69) is 25.9 Å². The lowest BCUT2D eigenvalue weighted by Crippen LogP contribution is -2.06. The number of carbonyl (C=O) groups is 1. The Balaban J connectivity index is 2.27. The topological polar surface area (TPSA) is 88.9 Å². The van der Waals surface area contributed by atoms with E-state index in [1.54, 1.807) is 6.92 Å². The van der Waals surface area contributed by atoms with E-state index >= 15 is 0 Å². The molecule has 0 saturated carbocycles. The zero-order chi connectivity index (χ0) is 14.9. The molecule has 0 radical (unpaired) electrons. The second kappa shape index (κ2) is 5.49. The highest BCUT2D eigenvalue weighted by molar-refractivity contribution is 9.10. The largest absolute Gasteiger partial charge is 0.358 e. The van der Waals surface area contributed by atoms with Crippen LogP contribution in [0, 0.1) is 22.9 Å². The van der Waals surface area contributed by atoms with E-state index in [-0.39, 0.29) is 28.0 Å². The molecule has 0 amide bonds. The van der Waals surface area contributed by atoms with Gasteiger partial charge in [0, 0.05) is 12.5 Å². The van der Waals surface area contributed by atoms with Crippen LogP contribution in [0.5, 0.6) is 0 Å². The van der Waals surface area contributed by atoms with Crippen molar-refractivity contribution in [1.29, 1.82) is 0 Å². The molecule has 0 aliphatic rings. The summed E-state index contributed by atoms with van der Waals surface area (Å²) in [6.45, 7) is 1.56. The second-order valence-corrected chi connectivity index (χ2v) is 4.96. The number of benzene rings is 1. The summed E-state index contributed by atoms with van der Waals surface area (Å²) in [6, 6.07) is 3.94. The lowest BCUT2D eigenvalue weighted by Gasteiger charge is -2.01. The van der Waals surface area contributed by atoms with Crippen LogP contribution in [-0.4, -0.2) is 20.7 Å². The highest BCUT2D eigenvalue weighted by Crippen LogP contribution is 2.20. The summed E-state index contributed by atoms with van der Waals surface area (Å²) in [6.07, 6.45) is -0.262. The molecule has 0 bridgehead atoms. The summed E-state index contributed by atoms with van der Waals surface area (Å²) >= 11 is 2.99. The maximum absolute atomic E-state index is 13.4. The van der Waals surface area contributed by atoms with Gasteiger partial charge in [0.15, 0.2) is 11.6 Å². The Morgan fingerprint density at radius 3 is 2.85 bits per heavy atom. The van der Waals surface area contributed by atoms with Gasteiger partial charge in [-0.2, -0.15) is 0 Å². The predicted octanol–water partition coefficient (Wildman–Crippen LogP) is 2.95. The molecule has 2 aromatic rings. The first-order valence-corrected chi connectivity index (χ1v) is 6.36. The lowest BCUT2D eigenvalue weighted by atomic mass is 10.1. The highest BCUT2D eigenvalue weighted by Gasteiger charge is 2.21. The minimum Gasteiger partial charge on any atom is -0.358 e. The third kappa shape index (κ3) is 2.90. The number of aryl methyl sites for hydroxylation is 1. The number of carbonyl (C=O) groups excluding carboxylic acids is 1. The van der Waals surface area contributed by atoms with E-state index in [1.165, 1.54) is 12.1 Å². The van der Waals surface area contributed by atoms with Crippen molar-refractivity contribution in [3.05, 3.63) is 55.7 Å². The van der Waals surface area contributed by atoms with E-state index in [0.717, 1.165) is 6.07 Å². The number of halogens is 2. The molecule has 0 aliphatic carbocycles. The molecular formula is C12H9BrFN3O3. The van der Waals surface area contributed by atoms with Crippen molar-refractivity contribution < 1.29 is 14.1 Å². The molecule has 0 unspecified atom stereocenters. The van der Waals surface area contributed by atoms with Crippen LogP contribution >= 0.6 is 15.9 Å². The summed E-state index contributed by atoms with van der Waals surface area (Å²) in [5, 5.41) is 10.8. The molecule has 0 atom stereocenters. The van der Waals surface area contributed by atoms with Gasteiger partial charge in [-0.1, -0.05) is 6.07 Å². The van der Waals surface area contributed by atoms with Gasteiger partial charge in [0.2, 0.25) is 0 Å². The van der Waals surface area contributed by atoms with Gasteiger partial charge >= 0.3 is 5.82 Å². The minimum atomic E-state index is -0.634. The van der Waals surface area contributed by atoms with E-state index in [4.69, 9.17) is 0 Å². The number of aromatic nitrogens is 2. The van der Waals surface area contributed by atoms with Crippen LogP contribution in [0.3, 0.4) is 0 Å². The summed E-state index contributed by atoms with van der Waals surface area (Å²) in [4.78, 5) is 28.6. The van der Waals surface area contributed by atoms with Crippen molar-refractivity contribution in [2.45, 2.75) is 13.3 Å². The van der Waals surface area contributed by atoms with Crippen molar-refractivity contribution in [3.8, 4) is 0 Å². The number of imidazole rings is 1. The van der Waals surface area contributed by atoms with Crippen LogP contribution in [0.4, 0.5) is 10.2 Å². The SMILES string of the molecule is Cc1nc(CC(=O)c2ccc(Br)c(F)c2)c([N+](=O)[O-])[nH]1. The fourth-order valence-corrected chi connectivity index (χ4v) is 1.97. The number of nitro groups is 1. The summed E-state index contributed by atoms with van der Waals surface area (Å²) < 4.78 is 13.6. The quantitative estimate of drug-likeness (QED) is 0.526. The van der Waals surface area contributed by atoms with Gasteiger partial charge in [-0.05, 0) is 33.0 Å². The first-order valence-electron chi connectivity index (χ1n) is 5.56. The number of rotatable bonds is 4. The van der Waals surface area contributed by atoms with Crippen molar-refractivity contribution in [1.82, 2.24) is 9.97 Å². The van der Waals surface area contributed by atoms with E-state index < -0.39 is 16.5 Å². The number of aromatic amines is 1. The van der Waals surface area contributed by atoms with Crippen LogP contribution < -0.4 is 0 Å². The van der Waals surface area contributed by atoms with Crippen LogP contribution in [0.2, 0.25) is 0 Å². The van der Waals surface area contributed by atoms with Gasteiger partial charge in [-0.3, -0.25) is 4.79 Å². The zero-order valence-electron chi connectivity index (χ0n) is 10.3. The zero-order valence-corrected chi connectivity index (χ0v) is 11.9. The van der Waals surface area contributed by atoms with Crippen LogP contribution in [0.25, 0.3) is 0 Å². The van der Waals surface area contributed by atoms with Gasteiger partial charge in [-0.15, -0.1) is 0 Å². The number of nitrogens with zero attached hydrogens (tertiary/aromatic N) is 2. The number of H-pyrrole nitrogens is 1. The van der Waals surface area contributed by atoms with E-state index in [1.807, 2.05) is 0 Å². The molecule has 1 aromatic carbocycles. The van der Waals surface area contributed by atoms with Gasteiger partial charge < -0.3 is 10.1 Å². The van der Waals surface area contributed by atoms with E-state index in [9.17, 15) is 19.3 Å². The van der Waals surface area contributed by atoms with E-state index in [0.29, 0.717) is 5.82 Å². The molecule has 1 aromatic heterocycles. The Bertz CT molecular complexity index is 699. The summed E-state index contributed by atoms with van der Waals surface area (Å²) in [7, 11) is 0. The van der Waals surface area contributed by atoms with Crippen molar-refractivity contribution in [3.63, 3.8) is 0 Å². The molecule has 20 heavy (non-hydrogen) atoms. The van der Waals surface area contributed by atoms with Gasteiger partial charge in [0.05, 0.1) is 10.9 Å². The first kappa shape index (κ1) is 14.3. The fourth-order valence-electron chi connectivity index (χ4n) is 1.72. The number of nitrogens with one attached hydrogen (secondary N) is 1. The lowest BCUT2D eigenvalue weighted by molar-refractivity contribution is -0.390. The molecule has 2 rings (SSSR count). The molecule has 1 heterocycles. The average molecular weight is 342 g/mol. The monoisotopic (exact) mass is 341 g/mol. The van der Waals surface area contributed by atoms with Crippen LogP contribution in [0.15, 0.2) is 22.7 Å². The fraction of sp³-hybridized carbons (Fsp3) is 0.167. The molecule has 0 saturated heterocycles. The maximum atomic E-state index is 13.4. The predicted molar refractivity (Wildman–Crippen MR) is 72.1 cm³/mol. The van der Waals surface area contributed by atoms with Gasteiger partial charge in [0.1, 0.15) is 11.5 Å². The number of ketones is 1. The molecule has 6 nitrogen and oxygen atoms in total. The van der Waals surface area contributed by atoms with Gasteiger partial charge in [0.25, 0.3) is 0 Å². The molecular weight excluding hydrogens is 333 g/mol. The minimum absolute atomic E-state index is 0.0424. The maximum Gasteiger partial charge on any atom is 0.344 e. The Labute approximate surface area is 121 Å². The standard InChI is InChI=1S/C12H9BrFN3O3/c1-6-15-10(12(16-6)17(19)20)5-11(18)7-2-3-8(13)9(14)4-7/h2-4H,5H2,1H3,(H,15,16). The summed E-state index contributed by atoms with van der Waals surface area (Å²) in [5.74, 6) is -0.968. The third-order valence-corrected chi connectivity index (χ3v) is 3.27. The molecule has 0 spiro atoms. The Kier molecular flexibility index (Phi) is 3.93. The highest BCUT2D eigenvalue weighted by atomic mass is 79.9. The Hall–Kier alpha value is -2.09.